The molecule has 0 spiro atoms. The molecule has 0 saturated carbocycles. The van der Waals surface area contributed by atoms with Crippen molar-refractivity contribution >= 4 is 5.91 Å². The van der Waals surface area contributed by atoms with Gasteiger partial charge in [-0.15, -0.1) is 0 Å². The molecule has 0 aliphatic carbocycles. The average Bonchev–Trinajstić information content (AvgIpc) is 2.43. The van der Waals surface area contributed by atoms with Gasteiger partial charge in [0, 0.05) is 25.5 Å². The number of pyridine rings is 1. The Bertz CT molecular complexity index is 346. The van der Waals surface area contributed by atoms with E-state index < -0.39 is 0 Å². The van der Waals surface area contributed by atoms with Gasteiger partial charge in [0.25, 0.3) is 0 Å². The second kappa shape index (κ2) is 10.4. The highest BCUT2D eigenvalue weighted by molar-refractivity contribution is 5.78. The number of carbonyl (C=O) groups is 1. The molecule has 106 valence electrons. The van der Waals surface area contributed by atoms with E-state index >= 15 is 0 Å². The first-order valence-corrected chi connectivity index (χ1v) is 6.34. The van der Waals surface area contributed by atoms with E-state index in [1.807, 2.05) is 12.1 Å². The number of nitrogens with zero attached hydrogens (tertiary/aromatic N) is 1. The zero-order chi connectivity index (χ0) is 13.8. The van der Waals surface area contributed by atoms with Gasteiger partial charge >= 0.3 is 0 Å². The van der Waals surface area contributed by atoms with Crippen molar-refractivity contribution in [3.8, 4) is 0 Å². The lowest BCUT2D eigenvalue weighted by Gasteiger charge is -2.07. The predicted octanol–water partition coefficient (Wildman–Crippen LogP) is -0.268. The normalized spacial score (nSPS) is 10.4. The molecule has 0 aromatic carbocycles. The van der Waals surface area contributed by atoms with Gasteiger partial charge in [0.15, 0.2) is 0 Å². The molecule has 3 N–H and O–H groups in total. The lowest BCUT2D eigenvalue weighted by Crippen LogP contribution is -2.29. The second-order valence-corrected chi connectivity index (χ2v) is 3.90. The number of aromatic nitrogens is 1. The summed E-state index contributed by atoms with van der Waals surface area (Å²) in [5, 5.41) is 2.79. The van der Waals surface area contributed by atoms with Gasteiger partial charge in [-0.3, -0.25) is 9.78 Å². The van der Waals surface area contributed by atoms with Crippen LogP contribution in [0.5, 0.6) is 0 Å². The van der Waals surface area contributed by atoms with E-state index in [9.17, 15) is 4.79 Å². The van der Waals surface area contributed by atoms with Crippen LogP contribution in [0.15, 0.2) is 24.5 Å². The molecule has 0 aliphatic rings. The minimum atomic E-state index is -0.0193. The summed E-state index contributed by atoms with van der Waals surface area (Å²) in [4.78, 5) is 15.5. The number of carbonyl (C=O) groups excluding carboxylic acids is 1. The van der Waals surface area contributed by atoms with E-state index in [2.05, 4.69) is 10.3 Å². The standard InChI is InChI=1S/C13H21N3O3/c14-3-7-18-9-10-19-8-6-16-13(17)11-12-1-4-15-5-2-12/h1-2,4-5H,3,6-11,14H2,(H,16,17). The van der Waals surface area contributed by atoms with Gasteiger partial charge in [-0.2, -0.15) is 0 Å². The smallest absolute Gasteiger partial charge is 0.224 e. The Hall–Kier alpha value is -1.50. The summed E-state index contributed by atoms with van der Waals surface area (Å²) in [6.45, 7) is 3.09. The van der Waals surface area contributed by atoms with Crippen LogP contribution < -0.4 is 11.1 Å². The first-order chi connectivity index (χ1) is 9.33. The molecule has 1 rings (SSSR count). The molecule has 0 unspecified atom stereocenters. The summed E-state index contributed by atoms with van der Waals surface area (Å²) in [5.74, 6) is -0.0193. The number of hydrogen-bond donors (Lipinski definition) is 2. The number of ether oxygens (including phenoxy) is 2. The highest BCUT2D eigenvalue weighted by Crippen LogP contribution is 1.96. The van der Waals surface area contributed by atoms with E-state index in [0.29, 0.717) is 45.9 Å². The molecule has 0 radical (unpaired) electrons. The molecule has 0 atom stereocenters. The van der Waals surface area contributed by atoms with Crippen molar-refractivity contribution in [3.05, 3.63) is 30.1 Å². The van der Waals surface area contributed by atoms with Crippen LogP contribution in [-0.2, 0) is 20.7 Å². The zero-order valence-electron chi connectivity index (χ0n) is 11.0. The van der Waals surface area contributed by atoms with E-state index in [1.165, 1.54) is 0 Å². The quantitative estimate of drug-likeness (QED) is 0.570. The molecule has 0 bridgehead atoms. The van der Waals surface area contributed by atoms with Gasteiger partial charge in [0.2, 0.25) is 5.91 Å². The Morgan fingerprint density at radius 1 is 1.16 bits per heavy atom. The number of nitrogens with two attached hydrogens (primary N) is 1. The Labute approximate surface area is 113 Å². The topological polar surface area (TPSA) is 86.5 Å². The Kier molecular flexibility index (Phi) is 8.54. The van der Waals surface area contributed by atoms with Gasteiger partial charge in [0.05, 0.1) is 32.8 Å². The monoisotopic (exact) mass is 267 g/mol. The van der Waals surface area contributed by atoms with Crippen molar-refractivity contribution < 1.29 is 14.3 Å². The van der Waals surface area contributed by atoms with Crippen LogP contribution in [0.4, 0.5) is 0 Å². The van der Waals surface area contributed by atoms with Crippen LogP contribution in [0.3, 0.4) is 0 Å². The molecule has 6 nitrogen and oxygen atoms in total. The summed E-state index contributed by atoms with van der Waals surface area (Å²) < 4.78 is 10.4. The lowest BCUT2D eigenvalue weighted by molar-refractivity contribution is -0.120. The summed E-state index contributed by atoms with van der Waals surface area (Å²) in [6, 6.07) is 3.65. The SMILES string of the molecule is NCCOCCOCCNC(=O)Cc1ccncc1. The van der Waals surface area contributed by atoms with Crippen molar-refractivity contribution in [2.45, 2.75) is 6.42 Å². The fraction of sp³-hybridized carbons (Fsp3) is 0.538. The van der Waals surface area contributed by atoms with Gasteiger partial charge in [-0.25, -0.2) is 0 Å². The molecule has 0 fully saturated rings. The third-order valence-electron chi connectivity index (χ3n) is 2.32. The molecule has 19 heavy (non-hydrogen) atoms. The van der Waals surface area contributed by atoms with Gasteiger partial charge in [-0.1, -0.05) is 0 Å². The second-order valence-electron chi connectivity index (χ2n) is 3.90. The Morgan fingerprint density at radius 2 is 1.84 bits per heavy atom. The summed E-state index contributed by atoms with van der Waals surface area (Å²) in [5.41, 5.74) is 6.22. The number of nitrogens with one attached hydrogen (secondary N) is 1. The van der Waals surface area contributed by atoms with E-state index in [1.54, 1.807) is 12.4 Å². The predicted molar refractivity (Wildman–Crippen MR) is 71.6 cm³/mol. The molecule has 1 amide bonds. The summed E-state index contributed by atoms with van der Waals surface area (Å²) in [6.07, 6.45) is 3.71. The number of amides is 1. The fourth-order valence-corrected chi connectivity index (χ4v) is 1.42. The van der Waals surface area contributed by atoms with Crippen LogP contribution >= 0.6 is 0 Å². The largest absolute Gasteiger partial charge is 0.378 e. The van der Waals surface area contributed by atoms with Crippen molar-refractivity contribution in [2.24, 2.45) is 5.73 Å². The first kappa shape index (κ1) is 15.6. The van der Waals surface area contributed by atoms with Crippen molar-refractivity contribution in [3.63, 3.8) is 0 Å². The number of rotatable bonds is 10. The third-order valence-corrected chi connectivity index (χ3v) is 2.32. The van der Waals surface area contributed by atoms with Crippen LogP contribution in [0, 0.1) is 0 Å². The summed E-state index contributed by atoms with van der Waals surface area (Å²) >= 11 is 0. The lowest BCUT2D eigenvalue weighted by atomic mass is 10.2. The Balaban J connectivity index is 1.96. The minimum Gasteiger partial charge on any atom is -0.378 e. The van der Waals surface area contributed by atoms with Crippen molar-refractivity contribution in [1.29, 1.82) is 0 Å². The first-order valence-electron chi connectivity index (χ1n) is 6.34. The van der Waals surface area contributed by atoms with E-state index in [0.717, 1.165) is 5.56 Å². The third kappa shape index (κ3) is 8.25. The molecule has 0 aliphatic heterocycles. The molecule has 1 aromatic rings. The fourth-order valence-electron chi connectivity index (χ4n) is 1.42. The zero-order valence-corrected chi connectivity index (χ0v) is 11.0. The van der Waals surface area contributed by atoms with Crippen molar-refractivity contribution in [1.82, 2.24) is 10.3 Å². The Morgan fingerprint density at radius 3 is 2.53 bits per heavy atom. The highest BCUT2D eigenvalue weighted by atomic mass is 16.5. The number of hydrogen-bond acceptors (Lipinski definition) is 5. The van der Waals surface area contributed by atoms with Crippen molar-refractivity contribution in [2.75, 3.05) is 39.5 Å². The van der Waals surface area contributed by atoms with E-state index in [4.69, 9.17) is 15.2 Å². The average molecular weight is 267 g/mol. The maximum Gasteiger partial charge on any atom is 0.224 e. The molecule has 1 heterocycles. The molecular weight excluding hydrogens is 246 g/mol. The maximum absolute atomic E-state index is 11.6. The van der Waals surface area contributed by atoms with Crippen LogP contribution in [-0.4, -0.2) is 50.4 Å². The van der Waals surface area contributed by atoms with Gasteiger partial charge < -0.3 is 20.5 Å². The maximum atomic E-state index is 11.6. The molecular formula is C13H21N3O3. The van der Waals surface area contributed by atoms with Gasteiger partial charge in [-0.05, 0) is 17.7 Å². The minimum absolute atomic E-state index is 0.0193. The molecule has 0 saturated heterocycles. The summed E-state index contributed by atoms with van der Waals surface area (Å²) in [7, 11) is 0. The van der Waals surface area contributed by atoms with E-state index in [-0.39, 0.29) is 5.91 Å². The van der Waals surface area contributed by atoms with Crippen LogP contribution in [0.1, 0.15) is 5.56 Å². The highest BCUT2D eigenvalue weighted by Gasteiger charge is 2.01. The van der Waals surface area contributed by atoms with Crippen LogP contribution in [0.2, 0.25) is 0 Å². The molecule has 6 heteroatoms. The molecule has 1 aromatic heterocycles. The van der Waals surface area contributed by atoms with Gasteiger partial charge in [0.1, 0.15) is 0 Å². The van der Waals surface area contributed by atoms with Crippen LogP contribution in [0.25, 0.3) is 0 Å².